The first kappa shape index (κ1) is 21.5. The molecular formula is C21H15N3O6S2. The molecule has 0 saturated carbocycles. The number of rotatable bonds is 6. The number of carbonyl (C=O) groups is 2. The van der Waals surface area contributed by atoms with Gasteiger partial charge in [-0.15, -0.1) is 0 Å². The zero-order valence-corrected chi connectivity index (χ0v) is 18.2. The molecule has 1 N–H and O–H groups in total. The molecule has 1 aliphatic heterocycles. The summed E-state index contributed by atoms with van der Waals surface area (Å²) in [4.78, 5) is 42.4. The molecule has 9 nitrogen and oxygen atoms in total. The highest BCUT2D eigenvalue weighted by Gasteiger charge is 2.34. The van der Waals surface area contributed by atoms with E-state index in [-0.39, 0.29) is 20.7 Å². The van der Waals surface area contributed by atoms with Crippen molar-refractivity contribution in [3.63, 3.8) is 0 Å². The van der Waals surface area contributed by atoms with Gasteiger partial charge in [-0.1, -0.05) is 30.0 Å². The van der Waals surface area contributed by atoms with Gasteiger partial charge in [0.15, 0.2) is 0 Å². The number of carboxylic acids is 1. The molecule has 162 valence electrons. The highest BCUT2D eigenvalue weighted by molar-refractivity contribution is 8.26. The largest absolute Gasteiger partial charge is 0.497 e. The number of hydrogen-bond donors (Lipinski definition) is 1. The maximum absolute atomic E-state index is 13.2. The lowest BCUT2D eigenvalue weighted by Crippen LogP contribution is -2.33. The van der Waals surface area contributed by atoms with Gasteiger partial charge < -0.3 is 14.6 Å². The van der Waals surface area contributed by atoms with Gasteiger partial charge in [0.2, 0.25) is 5.88 Å². The van der Waals surface area contributed by atoms with E-state index in [1.165, 1.54) is 10.5 Å². The van der Waals surface area contributed by atoms with Crippen LogP contribution >= 0.6 is 24.0 Å². The fraction of sp³-hybridized carbons (Fsp3) is 0.0952. The van der Waals surface area contributed by atoms with E-state index < -0.39 is 24.0 Å². The first-order valence-electron chi connectivity index (χ1n) is 9.18. The SMILES string of the molecule is COc1ccc(Oc2nc3ccccn3c(=O)c2/C=C2/SC(=S)N(CC(=O)O)C2=O)cc1. The second-order valence-corrected chi connectivity index (χ2v) is 8.18. The third-order valence-electron chi connectivity index (χ3n) is 4.45. The smallest absolute Gasteiger partial charge is 0.323 e. The number of nitrogens with zero attached hydrogens (tertiary/aromatic N) is 3. The average molecular weight is 470 g/mol. The molecule has 0 spiro atoms. The number of carbonyl (C=O) groups excluding carboxylic acids is 1. The van der Waals surface area contributed by atoms with Crippen molar-refractivity contribution in [2.24, 2.45) is 0 Å². The Bertz CT molecular complexity index is 1330. The van der Waals surface area contributed by atoms with E-state index in [1.54, 1.807) is 55.8 Å². The highest BCUT2D eigenvalue weighted by atomic mass is 32.2. The molecule has 1 aliphatic rings. The van der Waals surface area contributed by atoms with Crippen molar-refractivity contribution in [2.45, 2.75) is 0 Å². The summed E-state index contributed by atoms with van der Waals surface area (Å²) < 4.78 is 12.4. The number of hydrogen-bond acceptors (Lipinski definition) is 8. The Labute approximate surface area is 190 Å². The molecule has 32 heavy (non-hydrogen) atoms. The Morgan fingerprint density at radius 3 is 2.59 bits per heavy atom. The molecular weight excluding hydrogens is 454 g/mol. The van der Waals surface area contributed by atoms with E-state index in [9.17, 15) is 14.4 Å². The van der Waals surface area contributed by atoms with Crippen LogP contribution in [0.2, 0.25) is 0 Å². The number of aromatic nitrogens is 2. The number of aliphatic carboxylic acids is 1. The molecule has 3 heterocycles. The lowest BCUT2D eigenvalue weighted by molar-refractivity contribution is -0.140. The van der Waals surface area contributed by atoms with Crippen LogP contribution in [0.25, 0.3) is 11.7 Å². The Morgan fingerprint density at radius 1 is 1.19 bits per heavy atom. The summed E-state index contributed by atoms with van der Waals surface area (Å²) in [5, 5.41) is 9.02. The van der Waals surface area contributed by atoms with Crippen molar-refractivity contribution in [1.29, 1.82) is 0 Å². The van der Waals surface area contributed by atoms with E-state index in [2.05, 4.69) is 4.98 Å². The van der Waals surface area contributed by atoms with Crippen LogP contribution in [0.5, 0.6) is 17.4 Å². The minimum absolute atomic E-state index is 0.00475. The van der Waals surface area contributed by atoms with Crippen molar-refractivity contribution >= 4 is 51.9 Å². The van der Waals surface area contributed by atoms with Gasteiger partial charge in [0.1, 0.15) is 33.6 Å². The van der Waals surface area contributed by atoms with E-state index in [4.69, 9.17) is 26.8 Å². The van der Waals surface area contributed by atoms with Gasteiger partial charge in [-0.2, -0.15) is 4.98 Å². The molecule has 0 radical (unpaired) electrons. The number of thioether (sulfide) groups is 1. The Morgan fingerprint density at radius 2 is 1.91 bits per heavy atom. The van der Waals surface area contributed by atoms with Crippen molar-refractivity contribution in [1.82, 2.24) is 14.3 Å². The Kier molecular flexibility index (Phi) is 5.93. The Hall–Kier alpha value is -3.70. The number of fused-ring (bicyclic) bond motifs is 1. The maximum Gasteiger partial charge on any atom is 0.323 e. The predicted octanol–water partition coefficient (Wildman–Crippen LogP) is 2.78. The quantitative estimate of drug-likeness (QED) is 0.430. The third kappa shape index (κ3) is 4.20. The minimum atomic E-state index is -1.20. The van der Waals surface area contributed by atoms with Crippen LogP contribution in [0.15, 0.2) is 58.4 Å². The number of methoxy groups -OCH3 is 1. The number of ether oxygens (including phenoxy) is 2. The van der Waals surface area contributed by atoms with Gasteiger partial charge in [-0.05, 0) is 42.5 Å². The first-order valence-corrected chi connectivity index (χ1v) is 10.4. The van der Waals surface area contributed by atoms with Gasteiger partial charge in [-0.25, -0.2) is 0 Å². The zero-order valence-electron chi connectivity index (χ0n) is 16.5. The lowest BCUT2D eigenvalue weighted by atomic mass is 10.2. The van der Waals surface area contributed by atoms with Crippen LogP contribution in [0.3, 0.4) is 0 Å². The zero-order chi connectivity index (χ0) is 22.8. The van der Waals surface area contributed by atoms with Gasteiger partial charge in [-0.3, -0.25) is 23.7 Å². The van der Waals surface area contributed by atoms with Crippen LogP contribution in [0.4, 0.5) is 0 Å². The van der Waals surface area contributed by atoms with E-state index >= 15 is 0 Å². The Balaban J connectivity index is 1.81. The monoisotopic (exact) mass is 469 g/mol. The van der Waals surface area contributed by atoms with Crippen molar-refractivity contribution < 1.29 is 24.2 Å². The van der Waals surface area contributed by atoms with Gasteiger partial charge in [0, 0.05) is 6.20 Å². The van der Waals surface area contributed by atoms with Crippen LogP contribution in [0.1, 0.15) is 5.56 Å². The van der Waals surface area contributed by atoms with Crippen molar-refractivity contribution in [3.8, 4) is 17.4 Å². The second-order valence-electron chi connectivity index (χ2n) is 6.50. The predicted molar refractivity (Wildman–Crippen MR) is 122 cm³/mol. The first-order chi connectivity index (χ1) is 15.4. The molecule has 3 aromatic rings. The molecule has 0 atom stereocenters. The van der Waals surface area contributed by atoms with Crippen LogP contribution < -0.4 is 15.0 Å². The summed E-state index contributed by atoms with van der Waals surface area (Å²) in [6.45, 7) is -0.563. The molecule has 0 unspecified atom stereocenters. The number of benzene rings is 1. The number of thiocarbonyl (C=S) groups is 1. The number of carboxylic acid groups (broad SMARTS) is 1. The van der Waals surface area contributed by atoms with Crippen molar-refractivity contribution in [2.75, 3.05) is 13.7 Å². The van der Waals surface area contributed by atoms with Gasteiger partial charge in [0.25, 0.3) is 11.5 Å². The summed E-state index contributed by atoms with van der Waals surface area (Å²) in [6, 6.07) is 11.8. The molecule has 1 fully saturated rings. The van der Waals surface area contributed by atoms with Crippen LogP contribution in [-0.4, -0.2) is 49.2 Å². The van der Waals surface area contributed by atoms with Crippen molar-refractivity contribution in [3.05, 3.63) is 69.5 Å². The molecule has 1 aromatic carbocycles. The molecule has 1 amide bonds. The highest BCUT2D eigenvalue weighted by Crippen LogP contribution is 2.34. The van der Waals surface area contributed by atoms with Crippen LogP contribution in [-0.2, 0) is 9.59 Å². The van der Waals surface area contributed by atoms with Gasteiger partial charge in [0.05, 0.1) is 12.0 Å². The fourth-order valence-corrected chi connectivity index (χ4v) is 4.18. The fourth-order valence-electron chi connectivity index (χ4n) is 2.94. The summed E-state index contributed by atoms with van der Waals surface area (Å²) in [7, 11) is 1.54. The molecule has 0 bridgehead atoms. The molecule has 2 aromatic heterocycles. The number of pyridine rings is 1. The molecule has 11 heteroatoms. The maximum atomic E-state index is 13.2. The molecule has 4 rings (SSSR count). The average Bonchev–Trinajstić information content (AvgIpc) is 3.04. The standard InChI is InChI=1S/C21H15N3O6S2/c1-29-12-5-7-13(8-6-12)30-18-14(19(27)23-9-3-2-4-16(23)22-18)10-15-20(28)24(11-17(25)26)21(31)32-15/h2-10H,11H2,1H3,(H,25,26)/b15-10+. The topological polar surface area (TPSA) is 110 Å². The summed E-state index contributed by atoms with van der Waals surface area (Å²) >= 11 is 6.03. The molecule has 0 aliphatic carbocycles. The summed E-state index contributed by atoms with van der Waals surface area (Å²) in [5.41, 5.74) is -0.0699. The summed E-state index contributed by atoms with van der Waals surface area (Å²) in [6.07, 6.45) is 2.88. The molecule has 1 saturated heterocycles. The lowest BCUT2D eigenvalue weighted by Gasteiger charge is -2.11. The minimum Gasteiger partial charge on any atom is -0.497 e. The third-order valence-corrected chi connectivity index (χ3v) is 5.83. The number of amides is 1. The summed E-state index contributed by atoms with van der Waals surface area (Å²) in [5.74, 6) is -0.763. The van der Waals surface area contributed by atoms with Gasteiger partial charge >= 0.3 is 5.97 Å². The van der Waals surface area contributed by atoms with E-state index in [0.717, 1.165) is 16.7 Å². The van der Waals surface area contributed by atoms with Crippen LogP contribution in [0, 0.1) is 0 Å². The van der Waals surface area contributed by atoms with E-state index in [0.29, 0.717) is 17.1 Å². The second kappa shape index (κ2) is 8.81. The van der Waals surface area contributed by atoms with E-state index in [1.807, 2.05) is 0 Å². The normalized spacial score (nSPS) is 14.9.